The number of likely N-dealkylation sites (tertiary alicyclic amines) is 1. The van der Waals surface area contributed by atoms with Crippen molar-refractivity contribution in [3.05, 3.63) is 0 Å². The van der Waals surface area contributed by atoms with Gasteiger partial charge in [0.15, 0.2) is 0 Å². The van der Waals surface area contributed by atoms with E-state index in [9.17, 15) is 18.3 Å². The van der Waals surface area contributed by atoms with E-state index in [0.29, 0.717) is 0 Å². The number of sulfonamides is 1. The van der Waals surface area contributed by atoms with Crippen molar-refractivity contribution < 1.29 is 23.1 Å². The molecule has 0 aromatic rings. The van der Waals surface area contributed by atoms with Crippen molar-refractivity contribution in [2.75, 3.05) is 25.9 Å². The molecule has 0 spiro atoms. The lowest BCUT2D eigenvalue weighted by molar-refractivity contribution is -0.0935. The molecule has 0 unspecified atom stereocenters. The Morgan fingerprint density at radius 3 is 2.33 bits per heavy atom. The van der Waals surface area contributed by atoms with E-state index < -0.39 is 27.3 Å². The second-order valence-corrected chi connectivity index (χ2v) is 7.49. The van der Waals surface area contributed by atoms with Gasteiger partial charge >= 0.3 is 6.09 Å². The molecule has 2 N–H and O–H groups in total. The third kappa shape index (κ3) is 4.79. The summed E-state index contributed by atoms with van der Waals surface area (Å²) in [5, 5.41) is 9.91. The summed E-state index contributed by atoms with van der Waals surface area (Å²) < 4.78 is 29.1. The minimum Gasteiger partial charge on any atom is -0.444 e. The highest BCUT2D eigenvalue weighted by atomic mass is 32.2. The zero-order valence-corrected chi connectivity index (χ0v) is 11.9. The quantitative estimate of drug-likeness (QED) is 0.728. The summed E-state index contributed by atoms with van der Waals surface area (Å²) in [5.41, 5.74) is -1.80. The second-order valence-electron chi connectivity index (χ2n) is 5.65. The van der Waals surface area contributed by atoms with Crippen LogP contribution in [-0.2, 0) is 14.8 Å². The van der Waals surface area contributed by atoms with Gasteiger partial charge in [-0.05, 0) is 20.8 Å². The minimum absolute atomic E-state index is 0.0600. The first-order valence-electron chi connectivity index (χ1n) is 5.55. The third-order valence-corrected chi connectivity index (χ3v) is 2.95. The first kappa shape index (κ1) is 15.2. The normalized spacial score (nSPS) is 19.3. The van der Waals surface area contributed by atoms with E-state index in [1.807, 2.05) is 0 Å². The molecule has 0 aromatic carbocycles. The second kappa shape index (κ2) is 4.67. The number of nitrogens with zero attached hydrogens (tertiary/aromatic N) is 1. The molecular weight excluding hydrogens is 260 g/mol. The van der Waals surface area contributed by atoms with Gasteiger partial charge in [-0.3, -0.25) is 0 Å². The van der Waals surface area contributed by atoms with Gasteiger partial charge in [0.25, 0.3) is 0 Å². The molecule has 1 heterocycles. The molecule has 0 atom stereocenters. The number of β-amino-alcohol motifs (C(OH)–C–C–N with tert-alkyl or cyclic N) is 1. The lowest BCUT2D eigenvalue weighted by atomic mass is 9.95. The molecule has 8 heteroatoms. The highest BCUT2D eigenvalue weighted by molar-refractivity contribution is 7.88. The van der Waals surface area contributed by atoms with Crippen LogP contribution in [0, 0.1) is 0 Å². The number of hydrogen-bond donors (Lipinski definition) is 2. The van der Waals surface area contributed by atoms with Crippen LogP contribution in [0.15, 0.2) is 0 Å². The molecule has 1 rings (SSSR count). The Bertz CT molecular complexity index is 420. The van der Waals surface area contributed by atoms with Crippen molar-refractivity contribution in [1.29, 1.82) is 0 Å². The van der Waals surface area contributed by atoms with Crippen LogP contribution in [0.4, 0.5) is 4.79 Å². The van der Waals surface area contributed by atoms with Crippen LogP contribution in [0.2, 0.25) is 0 Å². The molecule has 1 saturated heterocycles. The highest BCUT2D eigenvalue weighted by Gasteiger charge is 2.45. The lowest BCUT2D eigenvalue weighted by Crippen LogP contribution is -2.67. The van der Waals surface area contributed by atoms with Crippen LogP contribution in [0.25, 0.3) is 0 Å². The Morgan fingerprint density at radius 2 is 1.94 bits per heavy atom. The van der Waals surface area contributed by atoms with Crippen LogP contribution in [0.3, 0.4) is 0 Å². The molecular formula is C10H20N2O5S. The van der Waals surface area contributed by atoms with Crippen LogP contribution >= 0.6 is 0 Å². The number of ether oxygens (including phenoxy) is 1. The van der Waals surface area contributed by atoms with Gasteiger partial charge in [-0.25, -0.2) is 17.9 Å². The maximum Gasteiger partial charge on any atom is 0.410 e. The van der Waals surface area contributed by atoms with Crippen LogP contribution in [-0.4, -0.2) is 61.6 Å². The molecule has 18 heavy (non-hydrogen) atoms. The SMILES string of the molecule is CC(C)(C)OC(=O)N1CC(O)(CNS(C)(=O)=O)C1. The van der Waals surface area contributed by atoms with Crippen molar-refractivity contribution in [2.45, 2.75) is 32.0 Å². The number of aliphatic hydroxyl groups is 1. The van der Waals surface area contributed by atoms with Crippen molar-refractivity contribution in [3.63, 3.8) is 0 Å². The molecule has 1 aliphatic rings. The smallest absolute Gasteiger partial charge is 0.410 e. The van der Waals surface area contributed by atoms with E-state index in [1.165, 1.54) is 4.90 Å². The molecule has 1 amide bonds. The molecule has 0 bridgehead atoms. The lowest BCUT2D eigenvalue weighted by Gasteiger charge is -2.46. The van der Waals surface area contributed by atoms with Crippen LogP contribution in [0.1, 0.15) is 20.8 Å². The number of nitrogens with one attached hydrogen (secondary N) is 1. The molecule has 0 saturated carbocycles. The fraction of sp³-hybridized carbons (Fsp3) is 0.900. The molecule has 0 radical (unpaired) electrons. The van der Waals surface area contributed by atoms with Gasteiger partial charge in [-0.2, -0.15) is 0 Å². The monoisotopic (exact) mass is 280 g/mol. The Kier molecular flexibility index (Phi) is 3.94. The average Bonchev–Trinajstić information content (AvgIpc) is 2.06. The van der Waals surface area contributed by atoms with Gasteiger partial charge in [-0.15, -0.1) is 0 Å². The van der Waals surface area contributed by atoms with E-state index in [4.69, 9.17) is 4.74 Å². The molecule has 0 aromatic heterocycles. The summed E-state index contributed by atoms with van der Waals surface area (Å²) in [7, 11) is -3.34. The average molecular weight is 280 g/mol. The van der Waals surface area contributed by atoms with E-state index in [2.05, 4.69) is 4.72 Å². The number of amides is 1. The summed E-state index contributed by atoms with van der Waals surface area (Å²) in [6.07, 6.45) is 0.507. The number of rotatable bonds is 3. The van der Waals surface area contributed by atoms with E-state index >= 15 is 0 Å². The van der Waals surface area contributed by atoms with E-state index in [-0.39, 0.29) is 19.6 Å². The predicted octanol–water partition coefficient (Wildman–Crippen LogP) is -0.483. The molecule has 106 valence electrons. The summed E-state index contributed by atoms with van der Waals surface area (Å²) >= 11 is 0. The Balaban J connectivity index is 2.41. The Hall–Kier alpha value is -0.860. The van der Waals surface area contributed by atoms with Gasteiger partial charge in [0.1, 0.15) is 11.2 Å². The minimum atomic E-state index is -3.34. The largest absolute Gasteiger partial charge is 0.444 e. The van der Waals surface area contributed by atoms with Crippen LogP contribution < -0.4 is 4.72 Å². The number of carbonyl (C=O) groups is 1. The van der Waals surface area contributed by atoms with Gasteiger partial charge in [0, 0.05) is 6.54 Å². The fourth-order valence-electron chi connectivity index (χ4n) is 1.50. The molecule has 7 nitrogen and oxygen atoms in total. The maximum atomic E-state index is 11.6. The topological polar surface area (TPSA) is 95.9 Å². The highest BCUT2D eigenvalue weighted by Crippen LogP contribution is 2.22. The molecule has 1 fully saturated rings. The van der Waals surface area contributed by atoms with Gasteiger partial charge in [-0.1, -0.05) is 0 Å². The van der Waals surface area contributed by atoms with Crippen molar-refractivity contribution in [3.8, 4) is 0 Å². The molecule has 0 aliphatic carbocycles. The summed E-state index contributed by atoms with van der Waals surface area (Å²) in [6.45, 7) is 5.27. The Labute approximate surface area is 107 Å². The van der Waals surface area contributed by atoms with E-state index in [1.54, 1.807) is 20.8 Å². The summed E-state index contributed by atoms with van der Waals surface area (Å²) in [5.74, 6) is 0. The van der Waals surface area contributed by atoms with Crippen molar-refractivity contribution >= 4 is 16.1 Å². The van der Waals surface area contributed by atoms with Gasteiger partial charge in [0.05, 0.1) is 19.3 Å². The maximum absolute atomic E-state index is 11.6. The third-order valence-electron chi connectivity index (χ3n) is 2.29. The van der Waals surface area contributed by atoms with Crippen molar-refractivity contribution in [2.24, 2.45) is 0 Å². The first-order valence-corrected chi connectivity index (χ1v) is 7.44. The van der Waals surface area contributed by atoms with Gasteiger partial charge in [0.2, 0.25) is 10.0 Å². The van der Waals surface area contributed by atoms with Crippen molar-refractivity contribution in [1.82, 2.24) is 9.62 Å². The van der Waals surface area contributed by atoms with Crippen LogP contribution in [0.5, 0.6) is 0 Å². The zero-order chi connectivity index (χ0) is 14.2. The van der Waals surface area contributed by atoms with Gasteiger partial charge < -0.3 is 14.7 Å². The molecule has 1 aliphatic heterocycles. The summed E-state index contributed by atoms with van der Waals surface area (Å²) in [4.78, 5) is 12.9. The number of hydrogen-bond acceptors (Lipinski definition) is 5. The standard InChI is InChI=1S/C10H20N2O5S/c1-9(2,3)17-8(13)12-6-10(14,7-12)5-11-18(4,15)16/h11,14H,5-7H2,1-4H3. The fourth-order valence-corrected chi connectivity index (χ4v) is 2.03. The summed E-state index contributed by atoms with van der Waals surface area (Å²) in [6, 6.07) is 0. The Morgan fingerprint density at radius 1 is 1.44 bits per heavy atom. The van der Waals surface area contributed by atoms with E-state index in [0.717, 1.165) is 6.26 Å². The predicted molar refractivity (Wildman–Crippen MR) is 65.6 cm³/mol. The first-order chi connectivity index (χ1) is 7.90. The number of carbonyl (C=O) groups excluding carboxylic acids is 1. The zero-order valence-electron chi connectivity index (χ0n) is 11.1.